The number of aromatic amines is 1. The molecule has 0 saturated heterocycles. The number of aryl methyl sites for hydroxylation is 1. The molecule has 100 valence electrons. The molecule has 0 fully saturated rings. The van der Waals surface area contributed by atoms with Crippen molar-refractivity contribution >= 4 is 11.0 Å². The van der Waals surface area contributed by atoms with E-state index in [-0.39, 0.29) is 5.75 Å². The number of phenols is 1. The van der Waals surface area contributed by atoms with E-state index in [9.17, 15) is 5.11 Å². The monoisotopic (exact) mass is 265 g/mol. The smallest absolute Gasteiger partial charge is 0.127 e. The first-order valence-corrected chi connectivity index (χ1v) is 6.44. The molecule has 2 aromatic carbocycles. The van der Waals surface area contributed by atoms with Crippen molar-refractivity contribution in [1.29, 1.82) is 0 Å². The van der Waals surface area contributed by atoms with E-state index in [0.717, 1.165) is 33.3 Å². The Balaban J connectivity index is 2.28. The van der Waals surface area contributed by atoms with Crippen LogP contribution in [0.25, 0.3) is 22.2 Å². The van der Waals surface area contributed by atoms with Crippen LogP contribution in [0.3, 0.4) is 0 Å². The molecule has 0 atom stereocenters. The number of benzene rings is 2. The van der Waals surface area contributed by atoms with Crippen molar-refractivity contribution in [2.45, 2.75) is 13.3 Å². The summed E-state index contributed by atoms with van der Waals surface area (Å²) in [5, 5.41) is 21.4. The van der Waals surface area contributed by atoms with Crippen molar-refractivity contribution in [2.24, 2.45) is 0 Å². The summed E-state index contributed by atoms with van der Waals surface area (Å²) in [7, 11) is 0. The van der Waals surface area contributed by atoms with Crippen LogP contribution in [-0.2, 0) is 6.42 Å². The summed E-state index contributed by atoms with van der Waals surface area (Å²) in [6.45, 7) is 5.74. The topological polar surface area (TPSA) is 61.8 Å². The minimum Gasteiger partial charge on any atom is -0.507 e. The van der Waals surface area contributed by atoms with Crippen LogP contribution in [-0.4, -0.2) is 20.5 Å². The highest BCUT2D eigenvalue weighted by Crippen LogP contribution is 2.36. The first-order chi connectivity index (χ1) is 9.70. The van der Waals surface area contributed by atoms with Crippen LogP contribution in [0.15, 0.2) is 43.0 Å². The Morgan fingerprint density at radius 3 is 2.90 bits per heavy atom. The summed E-state index contributed by atoms with van der Waals surface area (Å²) in [5.41, 5.74) is 5.17. The first-order valence-electron chi connectivity index (χ1n) is 6.44. The molecule has 0 radical (unpaired) electrons. The van der Waals surface area contributed by atoms with E-state index < -0.39 is 0 Å². The molecule has 4 nitrogen and oxygen atoms in total. The number of aromatic hydroxyl groups is 1. The number of nitrogens with zero attached hydrogens (tertiary/aromatic N) is 2. The largest absolute Gasteiger partial charge is 0.507 e. The third-order valence-corrected chi connectivity index (χ3v) is 3.33. The average molecular weight is 265 g/mol. The molecule has 0 saturated carbocycles. The lowest BCUT2D eigenvalue weighted by Gasteiger charge is -2.11. The molecule has 0 aliphatic carbocycles. The van der Waals surface area contributed by atoms with Crippen molar-refractivity contribution in [3.05, 3.63) is 54.1 Å². The molecule has 1 heterocycles. The normalized spacial score (nSPS) is 10.8. The fraction of sp³-hybridized carbons (Fsp3) is 0.125. The lowest BCUT2D eigenvalue weighted by atomic mass is 9.96. The number of phenolic OH excluding ortho intramolecular Hbond substituents is 1. The third-order valence-electron chi connectivity index (χ3n) is 3.33. The Bertz CT molecular complexity index is 790. The zero-order chi connectivity index (χ0) is 14.1. The first kappa shape index (κ1) is 12.4. The molecule has 0 bridgehead atoms. The van der Waals surface area contributed by atoms with Gasteiger partial charge in [-0.15, -0.1) is 6.58 Å². The summed E-state index contributed by atoms with van der Waals surface area (Å²) in [4.78, 5) is 0. The van der Waals surface area contributed by atoms with Gasteiger partial charge in [0.25, 0.3) is 0 Å². The molecule has 0 spiro atoms. The fourth-order valence-electron chi connectivity index (χ4n) is 2.46. The van der Waals surface area contributed by atoms with Crippen molar-refractivity contribution in [3.8, 4) is 16.9 Å². The Morgan fingerprint density at radius 2 is 2.10 bits per heavy atom. The van der Waals surface area contributed by atoms with Crippen LogP contribution in [0, 0.1) is 6.92 Å². The number of allylic oxidation sites excluding steroid dienone is 1. The molecule has 3 rings (SSSR count). The Morgan fingerprint density at radius 1 is 1.25 bits per heavy atom. The van der Waals surface area contributed by atoms with Gasteiger partial charge in [0, 0.05) is 11.1 Å². The minimum atomic E-state index is 0.283. The van der Waals surface area contributed by atoms with E-state index >= 15 is 0 Å². The minimum absolute atomic E-state index is 0.283. The van der Waals surface area contributed by atoms with E-state index in [4.69, 9.17) is 0 Å². The molecule has 20 heavy (non-hydrogen) atoms. The number of nitrogens with one attached hydrogen (secondary N) is 1. The molecule has 2 N–H and O–H groups in total. The van der Waals surface area contributed by atoms with Gasteiger partial charge in [-0.25, -0.2) is 0 Å². The summed E-state index contributed by atoms with van der Waals surface area (Å²) < 4.78 is 0. The Kier molecular flexibility index (Phi) is 2.99. The molecule has 0 aliphatic rings. The lowest BCUT2D eigenvalue weighted by Crippen LogP contribution is -1.90. The number of rotatable bonds is 3. The highest BCUT2D eigenvalue weighted by Gasteiger charge is 2.14. The van der Waals surface area contributed by atoms with Gasteiger partial charge in [-0.05, 0) is 36.6 Å². The van der Waals surface area contributed by atoms with Crippen LogP contribution in [0.5, 0.6) is 5.75 Å². The van der Waals surface area contributed by atoms with Gasteiger partial charge in [-0.3, -0.25) is 0 Å². The van der Waals surface area contributed by atoms with Crippen LogP contribution in [0.4, 0.5) is 0 Å². The number of hydrogen-bond acceptors (Lipinski definition) is 3. The van der Waals surface area contributed by atoms with Crippen molar-refractivity contribution in [3.63, 3.8) is 0 Å². The van der Waals surface area contributed by atoms with Gasteiger partial charge < -0.3 is 5.11 Å². The van der Waals surface area contributed by atoms with Crippen molar-refractivity contribution in [2.75, 3.05) is 0 Å². The number of para-hydroxylation sites is 1. The molecule has 0 aliphatic heterocycles. The second-order valence-corrected chi connectivity index (χ2v) is 4.81. The van der Waals surface area contributed by atoms with E-state index in [1.54, 1.807) is 6.08 Å². The zero-order valence-electron chi connectivity index (χ0n) is 11.2. The quantitative estimate of drug-likeness (QED) is 0.714. The Hall–Kier alpha value is -2.62. The zero-order valence-corrected chi connectivity index (χ0v) is 11.2. The fourth-order valence-corrected chi connectivity index (χ4v) is 2.46. The number of aromatic nitrogens is 3. The predicted molar refractivity (Wildman–Crippen MR) is 79.6 cm³/mol. The van der Waals surface area contributed by atoms with E-state index in [2.05, 4.69) is 22.0 Å². The molecule has 0 amide bonds. The van der Waals surface area contributed by atoms with Crippen LogP contribution < -0.4 is 0 Å². The maximum atomic E-state index is 10.5. The molecular weight excluding hydrogens is 250 g/mol. The molecule has 4 heteroatoms. The van der Waals surface area contributed by atoms with Crippen LogP contribution >= 0.6 is 0 Å². The number of H-pyrrole nitrogens is 1. The maximum Gasteiger partial charge on any atom is 0.127 e. The lowest BCUT2D eigenvalue weighted by molar-refractivity contribution is 0.471. The van der Waals surface area contributed by atoms with Crippen LogP contribution in [0.1, 0.15) is 11.1 Å². The van der Waals surface area contributed by atoms with Gasteiger partial charge in [0.05, 0.1) is 0 Å². The molecular formula is C16H15N3O. The molecule has 1 aromatic heterocycles. The summed E-state index contributed by atoms with van der Waals surface area (Å²) in [5.74, 6) is 0.283. The summed E-state index contributed by atoms with van der Waals surface area (Å²) in [6, 6.07) is 9.68. The van der Waals surface area contributed by atoms with Gasteiger partial charge in [-0.1, -0.05) is 24.3 Å². The van der Waals surface area contributed by atoms with E-state index in [1.165, 1.54) is 0 Å². The number of hydrogen-bond donors (Lipinski definition) is 2. The van der Waals surface area contributed by atoms with Gasteiger partial charge >= 0.3 is 0 Å². The second kappa shape index (κ2) is 4.81. The summed E-state index contributed by atoms with van der Waals surface area (Å²) in [6.07, 6.45) is 2.42. The van der Waals surface area contributed by atoms with Crippen molar-refractivity contribution in [1.82, 2.24) is 15.4 Å². The van der Waals surface area contributed by atoms with Gasteiger partial charge in [0.15, 0.2) is 0 Å². The second-order valence-electron chi connectivity index (χ2n) is 4.81. The standard InChI is InChI=1S/C16H15N3O/c1-3-5-11-8-10(2)9-13(16(11)20)12-6-4-7-14-15(12)18-19-17-14/h3-4,6-9,20H,1,5H2,2H3,(H,17,18,19). The van der Waals surface area contributed by atoms with Crippen LogP contribution in [0.2, 0.25) is 0 Å². The van der Waals surface area contributed by atoms with Gasteiger partial charge in [0.1, 0.15) is 16.8 Å². The van der Waals surface area contributed by atoms with E-state index in [0.29, 0.717) is 6.42 Å². The van der Waals surface area contributed by atoms with Gasteiger partial charge in [0.2, 0.25) is 0 Å². The van der Waals surface area contributed by atoms with Gasteiger partial charge in [-0.2, -0.15) is 15.4 Å². The maximum absolute atomic E-state index is 10.5. The summed E-state index contributed by atoms with van der Waals surface area (Å²) >= 11 is 0. The molecule has 3 aromatic rings. The SMILES string of the molecule is C=CCc1cc(C)cc(-c2cccc3n[nH]nc23)c1O. The van der Waals surface area contributed by atoms with Crippen molar-refractivity contribution < 1.29 is 5.11 Å². The van der Waals surface area contributed by atoms with E-state index in [1.807, 2.05) is 37.3 Å². The number of fused-ring (bicyclic) bond motifs is 1. The predicted octanol–water partition coefficient (Wildman–Crippen LogP) is 3.37. The third kappa shape index (κ3) is 1.95. The Labute approximate surface area is 116 Å². The highest BCUT2D eigenvalue weighted by molar-refractivity contribution is 5.93. The average Bonchev–Trinajstić information content (AvgIpc) is 2.91. The highest BCUT2D eigenvalue weighted by atomic mass is 16.3. The molecule has 0 unspecified atom stereocenters.